The Bertz CT molecular complexity index is 1140. The van der Waals surface area contributed by atoms with Crippen molar-refractivity contribution in [1.82, 2.24) is 10.2 Å². The molecule has 0 aromatic heterocycles. The molecular formula is C25H33Cl2N3O4S. The second-order valence-corrected chi connectivity index (χ2v) is 11.6. The van der Waals surface area contributed by atoms with E-state index in [2.05, 4.69) is 5.32 Å². The summed E-state index contributed by atoms with van der Waals surface area (Å²) in [6.45, 7) is 7.59. The molecule has 0 spiro atoms. The number of sulfonamides is 1. The van der Waals surface area contributed by atoms with Crippen molar-refractivity contribution in [3.05, 3.63) is 63.6 Å². The zero-order chi connectivity index (χ0) is 26.3. The molecule has 192 valence electrons. The molecular weight excluding hydrogens is 509 g/mol. The minimum Gasteiger partial charge on any atom is -0.354 e. The minimum absolute atomic E-state index is 0.121. The molecule has 35 heavy (non-hydrogen) atoms. The van der Waals surface area contributed by atoms with Crippen LogP contribution in [0.15, 0.2) is 42.5 Å². The lowest BCUT2D eigenvalue weighted by atomic mass is 10.1. The van der Waals surface area contributed by atoms with E-state index < -0.39 is 28.5 Å². The van der Waals surface area contributed by atoms with Gasteiger partial charge in [0, 0.05) is 23.1 Å². The highest BCUT2D eigenvalue weighted by Gasteiger charge is 2.32. The SMILES string of the molecule is CC[C@H](C(=O)NCC(C)C)N(Cc1ccc(Cl)cc1)C(=O)CN(c1cccc(Cl)c1C)S(C)(=O)=O. The lowest BCUT2D eigenvalue weighted by molar-refractivity contribution is -0.140. The van der Waals surface area contributed by atoms with Crippen molar-refractivity contribution in [3.8, 4) is 0 Å². The van der Waals surface area contributed by atoms with E-state index in [-0.39, 0.29) is 18.4 Å². The van der Waals surface area contributed by atoms with E-state index in [1.807, 2.05) is 20.8 Å². The van der Waals surface area contributed by atoms with Gasteiger partial charge in [-0.15, -0.1) is 0 Å². The number of amides is 2. The zero-order valence-electron chi connectivity index (χ0n) is 20.7. The molecule has 10 heteroatoms. The van der Waals surface area contributed by atoms with Gasteiger partial charge in [0.25, 0.3) is 0 Å². The van der Waals surface area contributed by atoms with Gasteiger partial charge in [-0.25, -0.2) is 8.42 Å². The molecule has 0 aliphatic rings. The fourth-order valence-corrected chi connectivity index (χ4v) is 4.79. The summed E-state index contributed by atoms with van der Waals surface area (Å²) in [5.41, 5.74) is 1.62. The van der Waals surface area contributed by atoms with Gasteiger partial charge in [-0.3, -0.25) is 13.9 Å². The van der Waals surface area contributed by atoms with Crippen LogP contribution in [0.5, 0.6) is 0 Å². The molecule has 1 N–H and O–H groups in total. The van der Waals surface area contributed by atoms with Gasteiger partial charge in [-0.05, 0) is 54.7 Å². The Labute approximate surface area is 218 Å². The van der Waals surface area contributed by atoms with E-state index in [9.17, 15) is 18.0 Å². The number of halogens is 2. The average Bonchev–Trinajstić information content (AvgIpc) is 2.78. The predicted molar refractivity (Wildman–Crippen MR) is 142 cm³/mol. The smallest absolute Gasteiger partial charge is 0.244 e. The normalized spacial score (nSPS) is 12.3. The van der Waals surface area contributed by atoms with Gasteiger partial charge in [0.15, 0.2) is 0 Å². The van der Waals surface area contributed by atoms with Gasteiger partial charge in [-0.2, -0.15) is 0 Å². The molecule has 2 rings (SSSR count). The standard InChI is InChI=1S/C25H33Cl2N3O4S/c1-6-22(25(32)28-14-17(2)3)29(15-19-10-12-20(26)13-11-19)24(31)16-30(35(5,33)34)23-9-7-8-21(27)18(23)4/h7-13,17,22H,6,14-16H2,1-5H3,(H,28,32)/t22-/m1/s1. The van der Waals surface area contributed by atoms with Crippen molar-refractivity contribution >= 4 is 50.7 Å². The summed E-state index contributed by atoms with van der Waals surface area (Å²) in [6.07, 6.45) is 1.40. The third kappa shape index (κ3) is 8.12. The molecule has 0 unspecified atom stereocenters. The number of nitrogens with zero attached hydrogens (tertiary/aromatic N) is 2. The maximum Gasteiger partial charge on any atom is 0.244 e. The minimum atomic E-state index is -3.83. The van der Waals surface area contributed by atoms with Crippen molar-refractivity contribution in [2.75, 3.05) is 23.7 Å². The topological polar surface area (TPSA) is 86.8 Å². The second kappa shape index (κ2) is 12.6. The first-order chi connectivity index (χ1) is 16.3. The summed E-state index contributed by atoms with van der Waals surface area (Å²) in [4.78, 5) is 28.1. The quantitative estimate of drug-likeness (QED) is 0.448. The number of hydrogen-bond donors (Lipinski definition) is 1. The number of nitrogens with one attached hydrogen (secondary N) is 1. The van der Waals surface area contributed by atoms with Crippen LogP contribution in [0, 0.1) is 12.8 Å². The number of anilines is 1. The van der Waals surface area contributed by atoms with Crippen LogP contribution in [-0.2, 0) is 26.2 Å². The van der Waals surface area contributed by atoms with E-state index in [0.29, 0.717) is 34.3 Å². The lowest BCUT2D eigenvalue weighted by Gasteiger charge is -2.33. The molecule has 0 heterocycles. The fraction of sp³-hybridized carbons (Fsp3) is 0.440. The third-order valence-corrected chi connectivity index (χ3v) is 7.31. The Hall–Kier alpha value is -2.29. The zero-order valence-corrected chi connectivity index (χ0v) is 23.0. The van der Waals surface area contributed by atoms with Crippen molar-refractivity contribution in [2.45, 2.75) is 46.7 Å². The molecule has 0 aliphatic carbocycles. The van der Waals surface area contributed by atoms with Crippen LogP contribution in [0.25, 0.3) is 0 Å². The summed E-state index contributed by atoms with van der Waals surface area (Å²) in [5.74, 6) is -0.548. The van der Waals surface area contributed by atoms with Crippen molar-refractivity contribution in [2.24, 2.45) is 5.92 Å². The van der Waals surface area contributed by atoms with Crippen LogP contribution in [0.1, 0.15) is 38.3 Å². The van der Waals surface area contributed by atoms with E-state index in [4.69, 9.17) is 23.2 Å². The van der Waals surface area contributed by atoms with Crippen molar-refractivity contribution in [3.63, 3.8) is 0 Å². The lowest BCUT2D eigenvalue weighted by Crippen LogP contribution is -2.52. The van der Waals surface area contributed by atoms with E-state index >= 15 is 0 Å². The van der Waals surface area contributed by atoms with Crippen LogP contribution in [0.3, 0.4) is 0 Å². The molecule has 0 aliphatic heterocycles. The van der Waals surface area contributed by atoms with Crippen LogP contribution in [0.2, 0.25) is 10.0 Å². The second-order valence-electron chi connectivity index (χ2n) is 8.86. The number of benzene rings is 2. The molecule has 7 nitrogen and oxygen atoms in total. The van der Waals surface area contributed by atoms with Gasteiger partial charge < -0.3 is 10.2 Å². The highest BCUT2D eigenvalue weighted by molar-refractivity contribution is 7.92. The van der Waals surface area contributed by atoms with E-state index in [0.717, 1.165) is 16.1 Å². The molecule has 2 aromatic carbocycles. The van der Waals surface area contributed by atoms with Gasteiger partial charge in [0.05, 0.1) is 11.9 Å². The summed E-state index contributed by atoms with van der Waals surface area (Å²) in [5, 5.41) is 3.83. The summed E-state index contributed by atoms with van der Waals surface area (Å²) >= 11 is 12.2. The van der Waals surface area contributed by atoms with Crippen molar-refractivity contribution < 1.29 is 18.0 Å². The molecule has 1 atom stereocenters. The third-order valence-electron chi connectivity index (χ3n) is 5.52. The molecule has 2 amide bonds. The highest BCUT2D eigenvalue weighted by atomic mass is 35.5. The summed E-state index contributed by atoms with van der Waals surface area (Å²) < 4.78 is 26.5. The Balaban J connectivity index is 2.45. The van der Waals surface area contributed by atoms with Crippen LogP contribution in [-0.4, -0.2) is 50.5 Å². The summed E-state index contributed by atoms with van der Waals surface area (Å²) in [6, 6.07) is 11.1. The maximum atomic E-state index is 13.7. The van der Waals surface area contributed by atoms with Crippen molar-refractivity contribution in [1.29, 1.82) is 0 Å². The average molecular weight is 543 g/mol. The van der Waals surface area contributed by atoms with Gasteiger partial charge in [0.1, 0.15) is 12.6 Å². The molecule has 0 fully saturated rings. The Kier molecular flexibility index (Phi) is 10.4. The van der Waals surface area contributed by atoms with E-state index in [1.54, 1.807) is 49.4 Å². The first kappa shape index (κ1) is 28.9. The summed E-state index contributed by atoms with van der Waals surface area (Å²) in [7, 11) is -3.83. The number of carbonyl (C=O) groups is 2. The van der Waals surface area contributed by atoms with E-state index in [1.165, 1.54) is 4.90 Å². The number of rotatable bonds is 11. The molecule has 0 saturated carbocycles. The highest BCUT2D eigenvalue weighted by Crippen LogP contribution is 2.28. The van der Waals surface area contributed by atoms with Gasteiger partial charge in [0.2, 0.25) is 21.8 Å². The first-order valence-corrected chi connectivity index (χ1v) is 14.0. The molecule has 0 bridgehead atoms. The Morgan fingerprint density at radius 1 is 1.06 bits per heavy atom. The fourth-order valence-electron chi connectivity index (χ4n) is 3.59. The van der Waals surface area contributed by atoms with Gasteiger partial charge >= 0.3 is 0 Å². The van der Waals surface area contributed by atoms with Crippen LogP contribution >= 0.6 is 23.2 Å². The van der Waals surface area contributed by atoms with Crippen LogP contribution < -0.4 is 9.62 Å². The molecule has 2 aromatic rings. The Morgan fingerprint density at radius 3 is 2.23 bits per heavy atom. The molecule has 0 radical (unpaired) electrons. The first-order valence-electron chi connectivity index (χ1n) is 11.4. The number of hydrogen-bond acceptors (Lipinski definition) is 4. The molecule has 0 saturated heterocycles. The van der Waals surface area contributed by atoms with Crippen LogP contribution in [0.4, 0.5) is 5.69 Å². The number of carbonyl (C=O) groups excluding carboxylic acids is 2. The Morgan fingerprint density at radius 2 is 1.69 bits per heavy atom. The largest absolute Gasteiger partial charge is 0.354 e. The maximum absolute atomic E-state index is 13.7. The monoisotopic (exact) mass is 541 g/mol. The van der Waals surface area contributed by atoms with Gasteiger partial charge in [-0.1, -0.05) is 62.2 Å². The predicted octanol–water partition coefficient (Wildman–Crippen LogP) is 4.65.